The number of hydrogen-bond donors (Lipinski definition) is 3. The minimum Gasteiger partial charge on any atom is -0.361 e. The Morgan fingerprint density at radius 1 is 1.03 bits per heavy atom. The molecule has 0 spiro atoms. The summed E-state index contributed by atoms with van der Waals surface area (Å²) < 4.78 is 0. The molecular formula is C27H25ClN4O2. The Bertz CT molecular complexity index is 1310. The maximum absolute atomic E-state index is 13.0. The van der Waals surface area contributed by atoms with Crippen LogP contribution in [0.4, 0.5) is 0 Å². The number of rotatable bonds is 8. The van der Waals surface area contributed by atoms with E-state index in [1.165, 1.54) is 5.56 Å². The van der Waals surface area contributed by atoms with Crippen LogP contribution in [0.2, 0.25) is 5.02 Å². The van der Waals surface area contributed by atoms with Crippen molar-refractivity contribution in [3.8, 4) is 0 Å². The molecule has 7 heteroatoms. The van der Waals surface area contributed by atoms with Gasteiger partial charge >= 0.3 is 0 Å². The zero-order chi connectivity index (χ0) is 23.9. The number of halogens is 1. The number of nitrogens with zero attached hydrogens (tertiary/aromatic N) is 1. The molecule has 1 heterocycles. The number of H-pyrrole nitrogens is 1. The lowest BCUT2D eigenvalue weighted by atomic mass is 10.0. The van der Waals surface area contributed by atoms with Gasteiger partial charge in [0.2, 0.25) is 0 Å². The van der Waals surface area contributed by atoms with Gasteiger partial charge in [0.25, 0.3) is 11.8 Å². The Morgan fingerprint density at radius 2 is 1.76 bits per heavy atom. The summed E-state index contributed by atoms with van der Waals surface area (Å²) in [6.07, 6.45) is 4.70. The molecule has 0 fully saturated rings. The summed E-state index contributed by atoms with van der Waals surface area (Å²) in [6, 6.07) is 21.5. The van der Waals surface area contributed by atoms with Gasteiger partial charge in [-0.3, -0.25) is 9.59 Å². The Labute approximate surface area is 203 Å². The third kappa shape index (κ3) is 5.71. The number of carbonyl (C=O) groups is 2. The zero-order valence-electron chi connectivity index (χ0n) is 18.7. The third-order valence-corrected chi connectivity index (χ3v) is 5.86. The highest BCUT2D eigenvalue weighted by atomic mass is 35.5. The number of hydrogen-bond acceptors (Lipinski definition) is 3. The van der Waals surface area contributed by atoms with Gasteiger partial charge in [-0.05, 0) is 53.4 Å². The number of para-hydroxylation sites is 1. The SMILES string of the molecule is CCc1ccc(C=NNC(=O)C(Cc2c[nH]c3ccccc23)NC(=O)c2ccc(Cl)cc2)cc1. The van der Waals surface area contributed by atoms with Gasteiger partial charge in [0.15, 0.2) is 0 Å². The highest BCUT2D eigenvalue weighted by Gasteiger charge is 2.23. The van der Waals surface area contributed by atoms with Crippen LogP contribution in [0.1, 0.15) is 34.0 Å². The van der Waals surface area contributed by atoms with Gasteiger partial charge in [-0.15, -0.1) is 0 Å². The van der Waals surface area contributed by atoms with Crippen LogP contribution >= 0.6 is 11.6 Å². The van der Waals surface area contributed by atoms with Crippen molar-refractivity contribution >= 4 is 40.5 Å². The molecule has 6 nitrogen and oxygen atoms in total. The molecule has 4 aromatic rings. The molecule has 0 aliphatic carbocycles. The van der Waals surface area contributed by atoms with E-state index in [4.69, 9.17) is 11.6 Å². The fourth-order valence-electron chi connectivity index (χ4n) is 3.66. The van der Waals surface area contributed by atoms with Crippen LogP contribution < -0.4 is 10.7 Å². The zero-order valence-corrected chi connectivity index (χ0v) is 19.5. The van der Waals surface area contributed by atoms with E-state index in [0.29, 0.717) is 17.0 Å². The maximum Gasteiger partial charge on any atom is 0.262 e. The van der Waals surface area contributed by atoms with Crippen LogP contribution in [0.25, 0.3) is 10.9 Å². The number of nitrogens with one attached hydrogen (secondary N) is 3. The number of amides is 2. The predicted molar refractivity (Wildman–Crippen MR) is 136 cm³/mol. The smallest absolute Gasteiger partial charge is 0.262 e. The van der Waals surface area contributed by atoms with Crippen molar-refractivity contribution in [3.05, 3.63) is 106 Å². The Morgan fingerprint density at radius 3 is 2.50 bits per heavy atom. The number of benzene rings is 3. The summed E-state index contributed by atoms with van der Waals surface area (Å²) in [5.74, 6) is -0.773. The highest BCUT2D eigenvalue weighted by molar-refractivity contribution is 6.30. The number of carbonyl (C=O) groups excluding carboxylic acids is 2. The fourth-order valence-corrected chi connectivity index (χ4v) is 3.79. The minimum atomic E-state index is -0.831. The maximum atomic E-state index is 13.0. The summed E-state index contributed by atoms with van der Waals surface area (Å²) in [5, 5.41) is 8.47. The van der Waals surface area contributed by atoms with E-state index < -0.39 is 11.9 Å². The number of aromatic amines is 1. The van der Waals surface area contributed by atoms with Crippen molar-refractivity contribution in [3.63, 3.8) is 0 Å². The number of fused-ring (bicyclic) bond motifs is 1. The van der Waals surface area contributed by atoms with Crippen LogP contribution in [0.15, 0.2) is 84.1 Å². The first-order valence-corrected chi connectivity index (χ1v) is 11.4. The van der Waals surface area contributed by atoms with Gasteiger partial charge < -0.3 is 10.3 Å². The van der Waals surface area contributed by atoms with Crippen molar-refractivity contribution in [2.24, 2.45) is 5.10 Å². The van der Waals surface area contributed by atoms with Gasteiger partial charge in [-0.25, -0.2) is 5.43 Å². The predicted octanol–water partition coefficient (Wildman–Crippen LogP) is 4.88. The van der Waals surface area contributed by atoms with E-state index in [-0.39, 0.29) is 5.91 Å². The number of aromatic nitrogens is 1. The molecule has 172 valence electrons. The molecule has 1 atom stereocenters. The largest absolute Gasteiger partial charge is 0.361 e. The summed E-state index contributed by atoms with van der Waals surface area (Å²) in [5.41, 5.74) is 6.98. The molecule has 3 aromatic carbocycles. The van der Waals surface area contributed by atoms with Crippen molar-refractivity contribution in [1.29, 1.82) is 0 Å². The first-order valence-electron chi connectivity index (χ1n) is 11.1. The van der Waals surface area contributed by atoms with Crippen LogP contribution in [0.3, 0.4) is 0 Å². The molecule has 0 saturated heterocycles. The first kappa shape index (κ1) is 23.3. The van der Waals surface area contributed by atoms with Crippen molar-refractivity contribution in [2.75, 3.05) is 0 Å². The lowest BCUT2D eigenvalue weighted by molar-refractivity contribution is -0.122. The minimum absolute atomic E-state index is 0.301. The molecule has 34 heavy (non-hydrogen) atoms. The Balaban J connectivity index is 1.51. The van der Waals surface area contributed by atoms with Gasteiger partial charge in [-0.1, -0.05) is 61.0 Å². The summed E-state index contributed by atoms with van der Waals surface area (Å²) >= 11 is 5.93. The van der Waals surface area contributed by atoms with E-state index >= 15 is 0 Å². The molecule has 0 bridgehead atoms. The van der Waals surface area contributed by atoms with Crippen LogP contribution in [-0.2, 0) is 17.6 Å². The van der Waals surface area contributed by atoms with Crippen LogP contribution in [0.5, 0.6) is 0 Å². The molecule has 3 N–H and O–H groups in total. The second kappa shape index (κ2) is 10.8. The van der Waals surface area contributed by atoms with Crippen molar-refractivity contribution < 1.29 is 9.59 Å². The average Bonchev–Trinajstić information content (AvgIpc) is 3.27. The summed E-state index contributed by atoms with van der Waals surface area (Å²) in [4.78, 5) is 29.1. The Kier molecular flexibility index (Phi) is 7.40. The molecule has 4 rings (SSSR count). The molecule has 0 radical (unpaired) electrons. The molecular weight excluding hydrogens is 448 g/mol. The van der Waals surface area contributed by atoms with E-state index in [2.05, 4.69) is 27.8 Å². The van der Waals surface area contributed by atoms with Crippen LogP contribution in [0, 0.1) is 0 Å². The molecule has 1 aromatic heterocycles. The van der Waals surface area contributed by atoms with Crippen molar-refractivity contribution in [2.45, 2.75) is 25.8 Å². The highest BCUT2D eigenvalue weighted by Crippen LogP contribution is 2.19. The molecule has 0 aliphatic heterocycles. The second-order valence-corrected chi connectivity index (χ2v) is 8.36. The van der Waals surface area contributed by atoms with Gasteiger partial charge in [-0.2, -0.15) is 5.10 Å². The lowest BCUT2D eigenvalue weighted by Crippen LogP contribution is -2.46. The van der Waals surface area contributed by atoms with E-state index in [1.807, 2.05) is 54.7 Å². The number of hydrazone groups is 1. The quantitative estimate of drug-likeness (QED) is 0.252. The van der Waals surface area contributed by atoms with Gasteiger partial charge in [0, 0.05) is 34.1 Å². The van der Waals surface area contributed by atoms with Crippen molar-refractivity contribution in [1.82, 2.24) is 15.7 Å². The lowest BCUT2D eigenvalue weighted by Gasteiger charge is -2.17. The third-order valence-electron chi connectivity index (χ3n) is 5.60. The molecule has 0 saturated carbocycles. The fraction of sp³-hybridized carbons (Fsp3) is 0.148. The topological polar surface area (TPSA) is 86.3 Å². The molecule has 1 unspecified atom stereocenters. The first-order chi connectivity index (χ1) is 16.5. The molecule has 2 amide bonds. The molecule has 0 aliphatic rings. The average molecular weight is 473 g/mol. The van der Waals surface area contributed by atoms with E-state index in [0.717, 1.165) is 28.5 Å². The van der Waals surface area contributed by atoms with Gasteiger partial charge in [0.1, 0.15) is 6.04 Å². The standard InChI is InChI=1S/C27H25ClN4O2/c1-2-18-7-9-19(10-8-18)16-30-32-27(34)25(31-26(33)20-11-13-22(28)14-12-20)15-21-17-29-24-6-4-3-5-23(21)24/h3-14,16-17,25,29H,2,15H2,1H3,(H,31,33)(H,32,34). The normalized spacial score (nSPS) is 12.1. The van der Waals surface area contributed by atoms with E-state index in [1.54, 1.807) is 30.5 Å². The number of aryl methyl sites for hydroxylation is 1. The van der Waals surface area contributed by atoms with Crippen LogP contribution in [-0.4, -0.2) is 29.1 Å². The summed E-state index contributed by atoms with van der Waals surface area (Å²) in [7, 11) is 0. The van der Waals surface area contributed by atoms with Gasteiger partial charge in [0.05, 0.1) is 6.21 Å². The summed E-state index contributed by atoms with van der Waals surface area (Å²) in [6.45, 7) is 2.09. The second-order valence-electron chi connectivity index (χ2n) is 7.93. The Hall–Kier alpha value is -3.90. The van der Waals surface area contributed by atoms with E-state index in [9.17, 15) is 9.59 Å². The monoisotopic (exact) mass is 472 g/mol.